The van der Waals surface area contributed by atoms with Crippen LogP contribution in [0.15, 0.2) is 52.9 Å². The summed E-state index contributed by atoms with van der Waals surface area (Å²) in [4.78, 5) is 11.5. The summed E-state index contributed by atoms with van der Waals surface area (Å²) < 4.78 is 27.7. The Morgan fingerprint density at radius 2 is 1.88 bits per heavy atom. The molecule has 0 fully saturated rings. The minimum Gasteiger partial charge on any atom is -0.298 e. The van der Waals surface area contributed by atoms with E-state index in [4.69, 9.17) is 0 Å². The second-order valence-corrected chi connectivity index (χ2v) is 8.23. The van der Waals surface area contributed by atoms with Crippen molar-refractivity contribution in [1.82, 2.24) is 0 Å². The molecule has 1 atom stereocenters. The molecule has 0 amide bonds. The molecule has 2 aromatic carbocycles. The highest BCUT2D eigenvalue weighted by atomic mass is 32.2. The van der Waals surface area contributed by atoms with Crippen LogP contribution < -0.4 is 4.31 Å². The molecule has 0 aromatic heterocycles. The highest BCUT2D eigenvalue weighted by Gasteiger charge is 2.39. The van der Waals surface area contributed by atoms with Crippen LogP contribution in [0.4, 0.5) is 5.69 Å². The maximum Gasteiger partial charge on any atom is 0.264 e. The van der Waals surface area contributed by atoms with Gasteiger partial charge in [-0.25, -0.2) is 8.42 Å². The Balaban J connectivity index is 1.82. The standard InChI is InChI=1S/C19H17NO3S/c1-13-5-7-17(8-6-13)24(22,23)20-11-16-10-14(12-21)9-15-3-2-4-18(20)19(15)16/h2-9,12,16H,10-11H2,1H3/t16-/m0/s1. The number of rotatable bonds is 3. The van der Waals surface area contributed by atoms with E-state index < -0.39 is 10.0 Å². The molecule has 2 aromatic rings. The van der Waals surface area contributed by atoms with Crippen molar-refractivity contribution in [3.8, 4) is 0 Å². The van der Waals surface area contributed by atoms with Crippen LogP contribution in [0.25, 0.3) is 6.08 Å². The minimum absolute atomic E-state index is 0.0432. The number of carbonyl (C=O) groups excluding carboxylic acids is 1. The number of anilines is 1. The normalized spacial score (nSPS) is 19.0. The predicted octanol–water partition coefficient (Wildman–Crippen LogP) is 3.27. The van der Waals surface area contributed by atoms with Gasteiger partial charge in [-0.2, -0.15) is 0 Å². The summed E-state index contributed by atoms with van der Waals surface area (Å²) in [6, 6.07) is 12.6. The molecule has 24 heavy (non-hydrogen) atoms. The molecule has 1 heterocycles. The molecule has 0 N–H and O–H groups in total. The highest BCUT2D eigenvalue weighted by Crippen LogP contribution is 2.46. The SMILES string of the molecule is Cc1ccc(S(=O)(=O)N2C[C@@H]3CC(C=O)=Cc4cccc2c43)cc1. The molecule has 5 heteroatoms. The molecule has 4 nitrogen and oxygen atoms in total. The van der Waals surface area contributed by atoms with Crippen molar-refractivity contribution in [3.63, 3.8) is 0 Å². The molecule has 0 spiro atoms. The largest absolute Gasteiger partial charge is 0.298 e. The lowest BCUT2D eigenvalue weighted by Crippen LogP contribution is -2.30. The van der Waals surface area contributed by atoms with E-state index in [2.05, 4.69) is 0 Å². The summed E-state index contributed by atoms with van der Waals surface area (Å²) >= 11 is 0. The number of allylic oxidation sites excluding steroid dienone is 1. The molecule has 1 aliphatic heterocycles. The fourth-order valence-corrected chi connectivity index (χ4v) is 5.13. The molecular weight excluding hydrogens is 322 g/mol. The third-order valence-corrected chi connectivity index (χ3v) is 6.56. The van der Waals surface area contributed by atoms with Gasteiger partial charge in [0, 0.05) is 12.5 Å². The predicted molar refractivity (Wildman–Crippen MR) is 93.6 cm³/mol. The van der Waals surface area contributed by atoms with Gasteiger partial charge < -0.3 is 0 Å². The van der Waals surface area contributed by atoms with Crippen molar-refractivity contribution in [3.05, 3.63) is 64.7 Å². The monoisotopic (exact) mass is 339 g/mol. The quantitative estimate of drug-likeness (QED) is 0.807. The molecule has 4 rings (SSSR count). The number of aldehydes is 1. The zero-order chi connectivity index (χ0) is 16.9. The molecule has 0 unspecified atom stereocenters. The van der Waals surface area contributed by atoms with E-state index >= 15 is 0 Å². The van der Waals surface area contributed by atoms with Gasteiger partial charge in [0.1, 0.15) is 6.29 Å². The van der Waals surface area contributed by atoms with E-state index in [0.717, 1.165) is 34.2 Å². The first-order valence-electron chi connectivity index (χ1n) is 7.89. The first kappa shape index (κ1) is 15.1. The van der Waals surface area contributed by atoms with Gasteiger partial charge in [0.05, 0.1) is 10.6 Å². The Hall–Kier alpha value is -2.40. The number of carbonyl (C=O) groups is 1. The second-order valence-electron chi connectivity index (χ2n) is 6.37. The van der Waals surface area contributed by atoms with Crippen LogP contribution in [-0.4, -0.2) is 21.2 Å². The lowest BCUT2D eigenvalue weighted by atomic mass is 9.85. The maximum atomic E-state index is 13.1. The van der Waals surface area contributed by atoms with Crippen molar-refractivity contribution in [1.29, 1.82) is 0 Å². The van der Waals surface area contributed by atoms with Gasteiger partial charge >= 0.3 is 0 Å². The number of hydrogen-bond acceptors (Lipinski definition) is 3. The van der Waals surface area contributed by atoms with Crippen molar-refractivity contribution in [2.75, 3.05) is 10.8 Å². The molecular formula is C19H17NO3S. The van der Waals surface area contributed by atoms with E-state index in [1.165, 1.54) is 4.31 Å². The Bertz CT molecular complexity index is 959. The zero-order valence-electron chi connectivity index (χ0n) is 13.3. The van der Waals surface area contributed by atoms with Crippen LogP contribution in [0.2, 0.25) is 0 Å². The van der Waals surface area contributed by atoms with E-state index in [1.54, 1.807) is 12.1 Å². The minimum atomic E-state index is -3.60. The van der Waals surface area contributed by atoms with Gasteiger partial charge in [0.25, 0.3) is 10.0 Å². The third kappa shape index (κ3) is 2.19. The summed E-state index contributed by atoms with van der Waals surface area (Å²) in [7, 11) is -3.60. The summed E-state index contributed by atoms with van der Waals surface area (Å²) in [5.74, 6) is 0.0432. The molecule has 0 bridgehead atoms. The van der Waals surface area contributed by atoms with Crippen LogP contribution in [0.3, 0.4) is 0 Å². The summed E-state index contributed by atoms with van der Waals surface area (Å²) in [6.45, 7) is 2.31. The Kier molecular flexibility index (Phi) is 3.35. The van der Waals surface area contributed by atoms with Crippen molar-refractivity contribution in [2.45, 2.75) is 24.2 Å². The average molecular weight is 339 g/mol. The number of nitrogens with zero attached hydrogens (tertiary/aromatic N) is 1. The molecule has 1 aliphatic carbocycles. The van der Waals surface area contributed by atoms with Gasteiger partial charge in [-0.15, -0.1) is 0 Å². The van der Waals surface area contributed by atoms with Gasteiger partial charge in [-0.1, -0.05) is 29.8 Å². The number of hydrogen-bond donors (Lipinski definition) is 0. The summed E-state index contributed by atoms with van der Waals surface area (Å²) in [5.41, 5.74) is 4.47. The van der Waals surface area contributed by atoms with Crippen LogP contribution >= 0.6 is 0 Å². The maximum absolute atomic E-state index is 13.1. The van der Waals surface area contributed by atoms with Gasteiger partial charge in [0.15, 0.2) is 0 Å². The summed E-state index contributed by atoms with van der Waals surface area (Å²) in [5, 5.41) is 0. The second kappa shape index (κ2) is 5.31. The van der Waals surface area contributed by atoms with Crippen LogP contribution in [0.5, 0.6) is 0 Å². The van der Waals surface area contributed by atoms with Crippen LogP contribution in [-0.2, 0) is 14.8 Å². The fraction of sp³-hybridized carbons (Fsp3) is 0.211. The topological polar surface area (TPSA) is 54.5 Å². The third-order valence-electron chi connectivity index (χ3n) is 4.76. The lowest BCUT2D eigenvalue weighted by molar-refractivity contribution is -0.105. The highest BCUT2D eigenvalue weighted by molar-refractivity contribution is 7.92. The van der Waals surface area contributed by atoms with E-state index in [9.17, 15) is 13.2 Å². The van der Waals surface area contributed by atoms with Crippen LogP contribution in [0, 0.1) is 6.92 Å². The number of aryl methyl sites for hydroxylation is 1. The van der Waals surface area contributed by atoms with Crippen molar-refractivity contribution >= 4 is 28.1 Å². The van der Waals surface area contributed by atoms with Gasteiger partial charge in [-0.3, -0.25) is 9.10 Å². The zero-order valence-corrected chi connectivity index (χ0v) is 14.1. The first-order valence-corrected chi connectivity index (χ1v) is 9.33. The first-order chi connectivity index (χ1) is 11.5. The molecule has 0 saturated carbocycles. The molecule has 2 aliphatic rings. The van der Waals surface area contributed by atoms with Crippen molar-refractivity contribution in [2.24, 2.45) is 0 Å². The lowest BCUT2D eigenvalue weighted by Gasteiger charge is -2.20. The Labute approximate surface area is 141 Å². The van der Waals surface area contributed by atoms with Gasteiger partial charge in [0.2, 0.25) is 0 Å². The van der Waals surface area contributed by atoms with Crippen LogP contribution in [0.1, 0.15) is 29.0 Å². The van der Waals surface area contributed by atoms with E-state index in [1.807, 2.05) is 43.3 Å². The number of sulfonamides is 1. The fourth-order valence-electron chi connectivity index (χ4n) is 3.61. The molecule has 0 radical (unpaired) electrons. The Morgan fingerprint density at radius 3 is 2.58 bits per heavy atom. The van der Waals surface area contributed by atoms with E-state index in [-0.39, 0.29) is 5.92 Å². The summed E-state index contributed by atoms with van der Waals surface area (Å²) in [6.07, 6.45) is 3.32. The van der Waals surface area contributed by atoms with Gasteiger partial charge in [-0.05, 0) is 54.3 Å². The average Bonchev–Trinajstić information content (AvgIpc) is 2.96. The molecule has 122 valence electrons. The molecule has 0 saturated heterocycles. The van der Waals surface area contributed by atoms with E-state index in [0.29, 0.717) is 17.9 Å². The van der Waals surface area contributed by atoms with Crippen molar-refractivity contribution < 1.29 is 13.2 Å². The Morgan fingerprint density at radius 1 is 1.12 bits per heavy atom. The number of benzene rings is 2. The smallest absolute Gasteiger partial charge is 0.264 e.